The number of para-hydroxylation sites is 1. The van der Waals surface area contributed by atoms with E-state index in [0.29, 0.717) is 23.7 Å². The molecule has 148 valence electrons. The van der Waals surface area contributed by atoms with Gasteiger partial charge >= 0.3 is 0 Å². The lowest BCUT2D eigenvalue weighted by Crippen LogP contribution is -2.17. The third kappa shape index (κ3) is 4.08. The third-order valence-electron chi connectivity index (χ3n) is 4.18. The molecule has 0 radical (unpaired) electrons. The van der Waals surface area contributed by atoms with Gasteiger partial charge < -0.3 is 20.1 Å². The van der Waals surface area contributed by atoms with Crippen LogP contribution in [-0.2, 0) is 6.54 Å². The molecule has 2 N–H and O–H groups in total. The Labute approximate surface area is 164 Å². The number of hydrogen-bond acceptors (Lipinski definition) is 6. The molecule has 1 aromatic heterocycles. The van der Waals surface area contributed by atoms with E-state index in [4.69, 9.17) is 9.47 Å². The fraction of sp³-hybridized carbons (Fsp3) is 0.150. The summed E-state index contributed by atoms with van der Waals surface area (Å²) in [6.45, 7) is 2.26. The first-order valence-corrected chi connectivity index (χ1v) is 8.73. The van der Waals surface area contributed by atoms with Gasteiger partial charge in [0.05, 0.1) is 0 Å². The summed E-state index contributed by atoms with van der Waals surface area (Å²) in [6, 6.07) is 10.3. The Morgan fingerprint density at radius 3 is 2.62 bits per heavy atom. The van der Waals surface area contributed by atoms with E-state index >= 15 is 0 Å². The van der Waals surface area contributed by atoms with Crippen LogP contribution in [0.25, 0.3) is 0 Å². The van der Waals surface area contributed by atoms with Crippen LogP contribution in [0.2, 0.25) is 0 Å². The Kier molecular flexibility index (Phi) is 4.94. The summed E-state index contributed by atoms with van der Waals surface area (Å²) in [5, 5.41) is 5.24. The highest BCUT2D eigenvalue weighted by atomic mass is 19.1. The van der Waals surface area contributed by atoms with Gasteiger partial charge in [0.25, 0.3) is 5.91 Å². The summed E-state index contributed by atoms with van der Waals surface area (Å²) < 4.78 is 38.2. The van der Waals surface area contributed by atoms with E-state index in [2.05, 4.69) is 20.6 Å². The lowest BCUT2D eigenvalue weighted by atomic mass is 10.2. The van der Waals surface area contributed by atoms with Crippen LogP contribution in [0.4, 0.5) is 20.4 Å². The van der Waals surface area contributed by atoms with Gasteiger partial charge in [0.2, 0.25) is 12.7 Å². The van der Waals surface area contributed by atoms with Crippen LogP contribution in [0.15, 0.2) is 42.5 Å². The molecular weight excluding hydrogens is 382 g/mol. The van der Waals surface area contributed by atoms with Gasteiger partial charge in [-0.1, -0.05) is 12.1 Å². The van der Waals surface area contributed by atoms with Crippen LogP contribution in [0.3, 0.4) is 0 Å². The van der Waals surface area contributed by atoms with Crippen molar-refractivity contribution in [2.24, 2.45) is 0 Å². The number of carbonyl (C=O) groups excluding carboxylic acids is 1. The molecule has 9 heteroatoms. The highest BCUT2D eigenvalue weighted by molar-refractivity contribution is 6.03. The number of amides is 1. The summed E-state index contributed by atoms with van der Waals surface area (Å²) in [5.41, 5.74) is 0.878. The summed E-state index contributed by atoms with van der Waals surface area (Å²) in [6.07, 6.45) is 0. The first-order chi connectivity index (χ1) is 14.0. The number of nitrogens with zero attached hydrogens (tertiary/aromatic N) is 2. The van der Waals surface area contributed by atoms with Gasteiger partial charge in [-0.15, -0.1) is 0 Å². The molecule has 0 bridgehead atoms. The van der Waals surface area contributed by atoms with Gasteiger partial charge in [-0.2, -0.15) is 0 Å². The number of fused-ring (bicyclic) bond motifs is 1. The number of ether oxygens (including phenoxy) is 2. The second-order valence-corrected chi connectivity index (χ2v) is 6.31. The minimum Gasteiger partial charge on any atom is -0.454 e. The molecule has 0 spiro atoms. The molecule has 2 aromatic carbocycles. The number of anilines is 2. The van der Waals surface area contributed by atoms with E-state index in [1.807, 2.05) is 12.1 Å². The summed E-state index contributed by atoms with van der Waals surface area (Å²) in [4.78, 5) is 20.8. The van der Waals surface area contributed by atoms with Gasteiger partial charge in [0, 0.05) is 12.2 Å². The van der Waals surface area contributed by atoms with Crippen molar-refractivity contribution in [3.63, 3.8) is 0 Å². The van der Waals surface area contributed by atoms with E-state index in [-0.39, 0.29) is 18.4 Å². The van der Waals surface area contributed by atoms with Crippen molar-refractivity contribution in [1.82, 2.24) is 9.97 Å². The normalized spacial score (nSPS) is 12.0. The van der Waals surface area contributed by atoms with Crippen LogP contribution in [0.5, 0.6) is 11.5 Å². The number of hydrogen-bond donors (Lipinski definition) is 2. The number of aryl methyl sites for hydroxylation is 1. The van der Waals surface area contributed by atoms with E-state index < -0.39 is 23.2 Å². The summed E-state index contributed by atoms with van der Waals surface area (Å²) in [5.74, 6) is -0.940. The smallest absolute Gasteiger partial charge is 0.274 e. The third-order valence-corrected chi connectivity index (χ3v) is 4.18. The zero-order valence-electron chi connectivity index (χ0n) is 15.3. The molecule has 4 rings (SSSR count). The zero-order chi connectivity index (χ0) is 20.4. The first kappa shape index (κ1) is 18.6. The quantitative estimate of drug-likeness (QED) is 0.682. The maximum atomic E-state index is 13.8. The fourth-order valence-electron chi connectivity index (χ4n) is 2.79. The minimum atomic E-state index is -0.870. The van der Waals surface area contributed by atoms with Gasteiger partial charge in [-0.25, -0.2) is 18.7 Å². The summed E-state index contributed by atoms with van der Waals surface area (Å²) in [7, 11) is 0. The standard InChI is InChI=1S/C20H16F2N4O3/c1-11-7-15(19(27)26-18-13(21)3-2-4-14(18)22)25-20(24-11)23-9-12-5-6-16-17(8-12)29-10-28-16/h2-8H,9-10H2,1H3,(H,26,27)(H,23,24,25). The molecular formula is C20H16F2N4O3. The molecule has 7 nitrogen and oxygen atoms in total. The van der Waals surface area contributed by atoms with Gasteiger partial charge in [0.15, 0.2) is 11.5 Å². The fourth-order valence-corrected chi connectivity index (χ4v) is 2.79. The lowest BCUT2D eigenvalue weighted by molar-refractivity contribution is 0.102. The zero-order valence-corrected chi connectivity index (χ0v) is 15.3. The largest absolute Gasteiger partial charge is 0.454 e. The first-order valence-electron chi connectivity index (χ1n) is 8.73. The Balaban J connectivity index is 1.49. The Hall–Kier alpha value is -3.75. The van der Waals surface area contributed by atoms with Crippen molar-refractivity contribution in [1.29, 1.82) is 0 Å². The molecule has 1 amide bonds. The average molecular weight is 398 g/mol. The highest BCUT2D eigenvalue weighted by Crippen LogP contribution is 2.32. The molecule has 0 atom stereocenters. The topological polar surface area (TPSA) is 85.4 Å². The molecule has 0 fully saturated rings. The molecule has 1 aliphatic heterocycles. The van der Waals surface area contributed by atoms with E-state index in [1.54, 1.807) is 13.0 Å². The number of halogens is 2. The minimum absolute atomic E-state index is 0.0201. The second kappa shape index (κ2) is 7.70. The number of aromatic nitrogens is 2. The molecule has 1 aliphatic rings. The lowest BCUT2D eigenvalue weighted by Gasteiger charge is -2.10. The van der Waals surface area contributed by atoms with Crippen molar-refractivity contribution in [3.05, 3.63) is 71.1 Å². The maximum Gasteiger partial charge on any atom is 0.274 e. The molecule has 0 unspecified atom stereocenters. The second-order valence-electron chi connectivity index (χ2n) is 6.31. The van der Waals surface area contributed by atoms with Gasteiger partial charge in [-0.05, 0) is 42.8 Å². The molecule has 3 aromatic rings. The van der Waals surface area contributed by atoms with Gasteiger partial charge in [-0.3, -0.25) is 4.79 Å². The van der Waals surface area contributed by atoms with Gasteiger partial charge in [0.1, 0.15) is 23.0 Å². The molecule has 29 heavy (non-hydrogen) atoms. The molecule has 0 saturated heterocycles. The van der Waals surface area contributed by atoms with Crippen molar-refractivity contribution < 1.29 is 23.0 Å². The summed E-state index contributed by atoms with van der Waals surface area (Å²) >= 11 is 0. The number of benzene rings is 2. The van der Waals surface area contributed by atoms with E-state index in [1.165, 1.54) is 12.1 Å². The van der Waals surface area contributed by atoms with Crippen LogP contribution in [0, 0.1) is 18.6 Å². The number of carbonyl (C=O) groups is 1. The highest BCUT2D eigenvalue weighted by Gasteiger charge is 2.16. The predicted octanol–water partition coefficient (Wildman–Crippen LogP) is 3.66. The van der Waals surface area contributed by atoms with Crippen LogP contribution in [-0.4, -0.2) is 22.7 Å². The van der Waals surface area contributed by atoms with Crippen molar-refractivity contribution in [2.75, 3.05) is 17.4 Å². The number of nitrogens with one attached hydrogen (secondary N) is 2. The molecule has 0 saturated carbocycles. The van der Waals surface area contributed by atoms with E-state index in [0.717, 1.165) is 17.7 Å². The average Bonchev–Trinajstić information content (AvgIpc) is 3.16. The molecule has 0 aliphatic carbocycles. The SMILES string of the molecule is Cc1cc(C(=O)Nc2c(F)cccc2F)nc(NCc2ccc3c(c2)OCO3)n1. The molecule has 2 heterocycles. The Morgan fingerprint density at radius 1 is 1.07 bits per heavy atom. The van der Waals surface area contributed by atoms with Crippen LogP contribution in [0.1, 0.15) is 21.7 Å². The number of rotatable bonds is 5. The predicted molar refractivity (Wildman–Crippen MR) is 101 cm³/mol. The van der Waals surface area contributed by atoms with Crippen LogP contribution >= 0.6 is 0 Å². The Morgan fingerprint density at radius 2 is 1.83 bits per heavy atom. The van der Waals surface area contributed by atoms with Crippen LogP contribution < -0.4 is 20.1 Å². The maximum absolute atomic E-state index is 13.8. The Bertz CT molecular complexity index is 1070. The van der Waals surface area contributed by atoms with Crippen molar-refractivity contribution in [3.8, 4) is 11.5 Å². The van der Waals surface area contributed by atoms with Crippen molar-refractivity contribution >= 4 is 17.5 Å². The van der Waals surface area contributed by atoms with Crippen molar-refractivity contribution in [2.45, 2.75) is 13.5 Å². The monoisotopic (exact) mass is 398 g/mol. The van der Waals surface area contributed by atoms with E-state index in [9.17, 15) is 13.6 Å².